The molecule has 0 bridgehead atoms. The average molecular weight is 294 g/mol. The first-order chi connectivity index (χ1) is 10.1. The predicted octanol–water partition coefficient (Wildman–Crippen LogP) is 3.19. The highest BCUT2D eigenvalue weighted by molar-refractivity contribution is 5.55. The van der Waals surface area contributed by atoms with Crippen molar-refractivity contribution in [3.63, 3.8) is 0 Å². The number of hydrogen-bond acceptors (Lipinski definition) is 3. The van der Waals surface area contributed by atoms with Crippen molar-refractivity contribution in [1.29, 1.82) is 0 Å². The lowest BCUT2D eigenvalue weighted by Gasteiger charge is -2.31. The van der Waals surface area contributed by atoms with Gasteiger partial charge in [-0.2, -0.15) is 0 Å². The zero-order chi connectivity index (χ0) is 15.2. The van der Waals surface area contributed by atoms with E-state index in [-0.39, 0.29) is 5.82 Å². The highest BCUT2D eigenvalue weighted by Crippen LogP contribution is 2.32. The highest BCUT2D eigenvalue weighted by Gasteiger charge is 2.28. The normalized spacial score (nSPS) is 18.7. The molecule has 1 heterocycles. The summed E-state index contributed by atoms with van der Waals surface area (Å²) >= 11 is 0. The van der Waals surface area contributed by atoms with Crippen LogP contribution in [0.25, 0.3) is 0 Å². The maximum absolute atomic E-state index is 13.6. The van der Waals surface area contributed by atoms with E-state index in [1.54, 1.807) is 19.2 Å². The van der Waals surface area contributed by atoms with Crippen molar-refractivity contribution in [2.75, 3.05) is 31.7 Å². The van der Waals surface area contributed by atoms with Crippen molar-refractivity contribution in [3.8, 4) is 0 Å². The molecule has 0 spiro atoms. The van der Waals surface area contributed by atoms with Gasteiger partial charge >= 0.3 is 0 Å². The molecule has 1 aliphatic heterocycles. The van der Waals surface area contributed by atoms with Crippen LogP contribution in [0.2, 0.25) is 0 Å². The van der Waals surface area contributed by atoms with Gasteiger partial charge in [0.05, 0.1) is 6.61 Å². The molecule has 4 heteroatoms. The van der Waals surface area contributed by atoms with E-state index in [0.29, 0.717) is 25.1 Å². The Morgan fingerprint density at radius 2 is 2.24 bits per heavy atom. The molecule has 21 heavy (non-hydrogen) atoms. The first-order valence-electron chi connectivity index (χ1n) is 7.88. The maximum atomic E-state index is 13.6. The topological polar surface area (TPSA) is 24.5 Å². The van der Waals surface area contributed by atoms with Gasteiger partial charge in [-0.25, -0.2) is 4.39 Å². The Bertz CT molecular complexity index is 450. The molecule has 1 aromatic rings. The van der Waals surface area contributed by atoms with Crippen molar-refractivity contribution < 1.29 is 9.13 Å². The van der Waals surface area contributed by atoms with E-state index in [2.05, 4.69) is 24.1 Å². The molecule has 0 saturated carbocycles. The molecule has 1 fully saturated rings. The summed E-state index contributed by atoms with van der Waals surface area (Å²) < 4.78 is 18.6. The van der Waals surface area contributed by atoms with Gasteiger partial charge in [0.1, 0.15) is 5.82 Å². The quantitative estimate of drug-likeness (QED) is 0.782. The van der Waals surface area contributed by atoms with E-state index in [4.69, 9.17) is 4.74 Å². The minimum absolute atomic E-state index is 0.164. The third-order valence-corrected chi connectivity index (χ3v) is 4.22. The molecule has 1 atom stereocenters. The third-order valence-electron chi connectivity index (χ3n) is 4.22. The molecule has 1 saturated heterocycles. The number of halogens is 1. The molecular formula is C17H27FN2O. The van der Waals surface area contributed by atoms with Crippen LogP contribution in [0.3, 0.4) is 0 Å². The van der Waals surface area contributed by atoms with E-state index in [0.717, 1.165) is 18.7 Å². The van der Waals surface area contributed by atoms with Gasteiger partial charge in [0, 0.05) is 38.5 Å². The van der Waals surface area contributed by atoms with Gasteiger partial charge in [-0.15, -0.1) is 0 Å². The first-order valence-corrected chi connectivity index (χ1v) is 7.88. The van der Waals surface area contributed by atoms with Gasteiger partial charge in [-0.05, 0) is 42.5 Å². The summed E-state index contributed by atoms with van der Waals surface area (Å²) in [6, 6.07) is 5.73. The van der Waals surface area contributed by atoms with Gasteiger partial charge in [0.2, 0.25) is 0 Å². The van der Waals surface area contributed by atoms with Crippen LogP contribution >= 0.6 is 0 Å². The Kier molecular flexibility index (Phi) is 6.00. The number of rotatable bonds is 7. The lowest BCUT2D eigenvalue weighted by atomic mass is 10.0. The minimum atomic E-state index is -0.164. The van der Waals surface area contributed by atoms with Gasteiger partial charge < -0.3 is 15.0 Å². The molecule has 0 amide bonds. The first kappa shape index (κ1) is 16.2. The van der Waals surface area contributed by atoms with Gasteiger partial charge in [-0.1, -0.05) is 13.8 Å². The number of ether oxygens (including phenoxy) is 1. The molecule has 0 radical (unpaired) electrons. The second-order valence-electron chi connectivity index (χ2n) is 6.09. The number of hydrogen-bond donors (Lipinski definition) is 1. The molecule has 1 unspecified atom stereocenters. The monoisotopic (exact) mass is 294 g/mol. The smallest absolute Gasteiger partial charge is 0.123 e. The molecule has 2 rings (SSSR count). The summed E-state index contributed by atoms with van der Waals surface area (Å²) in [4.78, 5) is 2.46. The largest absolute Gasteiger partial charge is 0.383 e. The molecule has 3 nitrogen and oxygen atoms in total. The zero-order valence-electron chi connectivity index (χ0n) is 13.4. The molecule has 0 aliphatic carbocycles. The second-order valence-corrected chi connectivity index (χ2v) is 6.09. The van der Waals surface area contributed by atoms with Crippen LogP contribution in [0, 0.1) is 11.7 Å². The van der Waals surface area contributed by atoms with Crippen LogP contribution in [0.1, 0.15) is 32.3 Å². The molecule has 118 valence electrons. The number of anilines is 1. The van der Waals surface area contributed by atoms with Gasteiger partial charge in [0.25, 0.3) is 0 Å². The molecule has 1 aromatic carbocycles. The van der Waals surface area contributed by atoms with Crippen LogP contribution in [0.5, 0.6) is 0 Å². The summed E-state index contributed by atoms with van der Waals surface area (Å²) in [6.07, 6.45) is 2.45. The Morgan fingerprint density at radius 3 is 2.95 bits per heavy atom. The van der Waals surface area contributed by atoms with Crippen molar-refractivity contribution in [2.24, 2.45) is 5.92 Å². The number of nitrogens with one attached hydrogen (secondary N) is 1. The van der Waals surface area contributed by atoms with Crippen molar-refractivity contribution in [1.82, 2.24) is 5.32 Å². The van der Waals surface area contributed by atoms with Crippen molar-refractivity contribution >= 4 is 5.69 Å². The standard InChI is InChI=1S/C17H27FN2O/c1-13(2)16-5-4-9-20(16)17-7-6-15(18)11-14(17)12-19-8-10-21-3/h6-7,11,13,16,19H,4-5,8-10,12H2,1-3H3. The van der Waals surface area contributed by atoms with Crippen LogP contribution in [-0.2, 0) is 11.3 Å². The summed E-state index contributed by atoms with van der Waals surface area (Å²) in [5.41, 5.74) is 2.22. The van der Waals surface area contributed by atoms with Crippen LogP contribution in [0.15, 0.2) is 18.2 Å². The third kappa shape index (κ3) is 4.17. The number of nitrogens with zero attached hydrogens (tertiary/aromatic N) is 1. The fourth-order valence-electron chi connectivity index (χ4n) is 3.16. The zero-order valence-corrected chi connectivity index (χ0v) is 13.4. The molecule has 0 aromatic heterocycles. The SMILES string of the molecule is COCCNCc1cc(F)ccc1N1CCCC1C(C)C. The predicted molar refractivity (Wildman–Crippen MR) is 85.2 cm³/mol. The highest BCUT2D eigenvalue weighted by atomic mass is 19.1. The summed E-state index contributed by atoms with van der Waals surface area (Å²) in [5, 5.41) is 3.32. The van der Waals surface area contributed by atoms with Crippen LogP contribution in [0.4, 0.5) is 10.1 Å². The summed E-state index contributed by atoms with van der Waals surface area (Å²) in [6.45, 7) is 7.73. The van der Waals surface area contributed by atoms with Gasteiger partial charge in [0.15, 0.2) is 0 Å². The average Bonchev–Trinajstić information content (AvgIpc) is 2.93. The lowest BCUT2D eigenvalue weighted by Crippen LogP contribution is -2.34. The fourth-order valence-corrected chi connectivity index (χ4v) is 3.16. The summed E-state index contributed by atoms with van der Waals surface area (Å²) in [7, 11) is 1.69. The Hall–Kier alpha value is -1.13. The summed E-state index contributed by atoms with van der Waals surface area (Å²) in [5.74, 6) is 0.453. The maximum Gasteiger partial charge on any atom is 0.123 e. The molecule has 1 aliphatic rings. The number of benzene rings is 1. The van der Waals surface area contributed by atoms with E-state index in [1.165, 1.54) is 18.5 Å². The van der Waals surface area contributed by atoms with Crippen LogP contribution < -0.4 is 10.2 Å². The Labute approximate surface area is 127 Å². The minimum Gasteiger partial charge on any atom is -0.383 e. The molecular weight excluding hydrogens is 267 g/mol. The van der Waals surface area contributed by atoms with Gasteiger partial charge in [-0.3, -0.25) is 0 Å². The van der Waals surface area contributed by atoms with Crippen molar-refractivity contribution in [3.05, 3.63) is 29.6 Å². The van der Waals surface area contributed by atoms with E-state index in [9.17, 15) is 4.39 Å². The van der Waals surface area contributed by atoms with Crippen molar-refractivity contribution in [2.45, 2.75) is 39.3 Å². The fraction of sp³-hybridized carbons (Fsp3) is 0.647. The van der Waals surface area contributed by atoms with E-state index in [1.807, 2.05) is 6.07 Å². The van der Waals surface area contributed by atoms with Crippen LogP contribution in [-0.4, -0.2) is 32.8 Å². The Balaban J connectivity index is 2.14. The second kappa shape index (κ2) is 7.76. The lowest BCUT2D eigenvalue weighted by molar-refractivity contribution is 0.199. The molecule has 1 N–H and O–H groups in total. The number of methoxy groups -OCH3 is 1. The van der Waals surface area contributed by atoms with E-state index < -0.39 is 0 Å². The Morgan fingerprint density at radius 1 is 1.43 bits per heavy atom. The van der Waals surface area contributed by atoms with E-state index >= 15 is 0 Å².